The summed E-state index contributed by atoms with van der Waals surface area (Å²) in [5.41, 5.74) is 0.480. The first-order valence-electron chi connectivity index (χ1n) is 7.78. The van der Waals surface area contributed by atoms with Gasteiger partial charge in [-0.05, 0) is 50.6 Å². The minimum Gasteiger partial charge on any atom is -0.315 e. The highest BCUT2D eigenvalue weighted by atomic mass is 15.2. The highest BCUT2D eigenvalue weighted by Crippen LogP contribution is 2.34. The Morgan fingerprint density at radius 3 is 2.39 bits per heavy atom. The SMILES string of the molecule is CC(C)NCCCC(C)N1CCC(C(C)(C)C)C1. The number of nitrogens with zero attached hydrogens (tertiary/aromatic N) is 1. The highest BCUT2D eigenvalue weighted by Gasteiger charge is 2.33. The molecule has 0 bridgehead atoms. The van der Waals surface area contributed by atoms with Crippen LogP contribution in [0.2, 0.25) is 0 Å². The van der Waals surface area contributed by atoms with Crippen LogP contribution in [-0.4, -0.2) is 36.6 Å². The summed E-state index contributed by atoms with van der Waals surface area (Å²) < 4.78 is 0. The largest absolute Gasteiger partial charge is 0.315 e. The molecule has 0 spiro atoms. The highest BCUT2D eigenvalue weighted by molar-refractivity contribution is 4.86. The summed E-state index contributed by atoms with van der Waals surface area (Å²) in [5.74, 6) is 0.883. The minimum atomic E-state index is 0.480. The van der Waals surface area contributed by atoms with Crippen LogP contribution in [0.1, 0.15) is 60.8 Å². The third-order valence-electron chi connectivity index (χ3n) is 4.42. The molecule has 2 nitrogen and oxygen atoms in total. The van der Waals surface area contributed by atoms with E-state index in [0.717, 1.165) is 12.0 Å². The molecule has 1 fully saturated rings. The van der Waals surface area contributed by atoms with Crippen molar-refractivity contribution in [3.8, 4) is 0 Å². The Balaban J connectivity index is 2.21. The van der Waals surface area contributed by atoms with Gasteiger partial charge in [0.15, 0.2) is 0 Å². The second kappa shape index (κ2) is 6.91. The van der Waals surface area contributed by atoms with Gasteiger partial charge in [-0.15, -0.1) is 0 Å². The van der Waals surface area contributed by atoms with Crippen LogP contribution in [-0.2, 0) is 0 Å². The second-order valence-corrected chi connectivity index (χ2v) is 7.45. The zero-order valence-electron chi connectivity index (χ0n) is 13.4. The fourth-order valence-corrected chi connectivity index (χ4v) is 2.87. The summed E-state index contributed by atoms with van der Waals surface area (Å²) >= 11 is 0. The number of hydrogen-bond donors (Lipinski definition) is 1. The first kappa shape index (κ1) is 16.0. The van der Waals surface area contributed by atoms with Gasteiger partial charge < -0.3 is 10.2 Å². The number of nitrogens with one attached hydrogen (secondary N) is 1. The monoisotopic (exact) mass is 254 g/mol. The second-order valence-electron chi connectivity index (χ2n) is 7.45. The van der Waals surface area contributed by atoms with Gasteiger partial charge >= 0.3 is 0 Å². The Kier molecular flexibility index (Phi) is 6.13. The third-order valence-corrected chi connectivity index (χ3v) is 4.42. The van der Waals surface area contributed by atoms with Gasteiger partial charge in [0, 0.05) is 18.6 Å². The van der Waals surface area contributed by atoms with Crippen LogP contribution in [0.15, 0.2) is 0 Å². The molecule has 1 heterocycles. The van der Waals surface area contributed by atoms with Crippen molar-refractivity contribution in [3.63, 3.8) is 0 Å². The summed E-state index contributed by atoms with van der Waals surface area (Å²) in [6, 6.07) is 1.38. The van der Waals surface area contributed by atoms with Crippen LogP contribution in [0.25, 0.3) is 0 Å². The van der Waals surface area contributed by atoms with E-state index in [1.165, 1.54) is 38.9 Å². The predicted molar refractivity (Wildman–Crippen MR) is 81.0 cm³/mol. The van der Waals surface area contributed by atoms with Crippen LogP contribution in [0, 0.1) is 11.3 Å². The molecule has 0 amide bonds. The van der Waals surface area contributed by atoms with Gasteiger partial charge in [0.05, 0.1) is 0 Å². The number of hydrogen-bond acceptors (Lipinski definition) is 2. The Bertz CT molecular complexity index is 230. The number of rotatable bonds is 6. The molecule has 1 N–H and O–H groups in total. The molecule has 0 saturated carbocycles. The summed E-state index contributed by atoms with van der Waals surface area (Å²) in [7, 11) is 0. The van der Waals surface area contributed by atoms with Crippen molar-refractivity contribution < 1.29 is 0 Å². The summed E-state index contributed by atoms with van der Waals surface area (Å²) in [6.45, 7) is 17.8. The quantitative estimate of drug-likeness (QED) is 0.730. The van der Waals surface area contributed by atoms with E-state index in [-0.39, 0.29) is 0 Å². The van der Waals surface area contributed by atoms with E-state index in [0.29, 0.717) is 11.5 Å². The predicted octanol–water partition coefficient (Wildman–Crippen LogP) is 3.52. The average Bonchev–Trinajstić information content (AvgIpc) is 2.72. The Labute approximate surface area is 115 Å². The average molecular weight is 254 g/mol. The maximum Gasteiger partial charge on any atom is 0.00675 e. The molecule has 2 unspecified atom stereocenters. The van der Waals surface area contributed by atoms with Gasteiger partial charge in [0.25, 0.3) is 0 Å². The van der Waals surface area contributed by atoms with E-state index < -0.39 is 0 Å². The van der Waals surface area contributed by atoms with Crippen molar-refractivity contribution in [1.82, 2.24) is 10.2 Å². The molecule has 1 aliphatic rings. The first-order valence-corrected chi connectivity index (χ1v) is 7.78. The Morgan fingerprint density at radius 2 is 1.89 bits per heavy atom. The summed E-state index contributed by atoms with van der Waals surface area (Å²) in [5, 5.41) is 3.51. The van der Waals surface area contributed by atoms with Crippen molar-refractivity contribution in [3.05, 3.63) is 0 Å². The summed E-state index contributed by atoms with van der Waals surface area (Å²) in [4.78, 5) is 2.70. The van der Waals surface area contributed by atoms with Crippen LogP contribution < -0.4 is 5.32 Å². The lowest BCUT2D eigenvalue weighted by Crippen LogP contribution is -2.33. The van der Waals surface area contributed by atoms with Crippen LogP contribution >= 0.6 is 0 Å². The fourth-order valence-electron chi connectivity index (χ4n) is 2.87. The smallest absolute Gasteiger partial charge is 0.00675 e. The Morgan fingerprint density at radius 1 is 1.22 bits per heavy atom. The molecule has 0 aromatic carbocycles. The van der Waals surface area contributed by atoms with E-state index in [1.807, 2.05) is 0 Å². The Hall–Kier alpha value is -0.0800. The summed E-state index contributed by atoms with van der Waals surface area (Å²) in [6.07, 6.45) is 4.02. The molecule has 0 aromatic rings. The van der Waals surface area contributed by atoms with E-state index in [1.54, 1.807) is 0 Å². The van der Waals surface area contributed by atoms with E-state index >= 15 is 0 Å². The van der Waals surface area contributed by atoms with Gasteiger partial charge in [0.2, 0.25) is 0 Å². The molecule has 1 aliphatic heterocycles. The molecular formula is C16H34N2. The minimum absolute atomic E-state index is 0.480. The zero-order chi connectivity index (χ0) is 13.8. The van der Waals surface area contributed by atoms with Gasteiger partial charge in [-0.1, -0.05) is 34.6 Å². The standard InChI is InChI=1S/C16H34N2/c1-13(2)17-10-7-8-14(3)18-11-9-15(12-18)16(4,5)6/h13-15,17H,7-12H2,1-6H3. The van der Waals surface area contributed by atoms with Crippen LogP contribution in [0.3, 0.4) is 0 Å². The lowest BCUT2D eigenvalue weighted by atomic mass is 9.80. The van der Waals surface area contributed by atoms with Gasteiger partial charge in [-0.2, -0.15) is 0 Å². The molecule has 108 valence electrons. The van der Waals surface area contributed by atoms with Crippen molar-refractivity contribution >= 4 is 0 Å². The fraction of sp³-hybridized carbons (Fsp3) is 1.00. The topological polar surface area (TPSA) is 15.3 Å². The van der Waals surface area contributed by atoms with Crippen LogP contribution in [0.5, 0.6) is 0 Å². The van der Waals surface area contributed by atoms with Crippen molar-refractivity contribution in [2.75, 3.05) is 19.6 Å². The van der Waals surface area contributed by atoms with E-state index in [9.17, 15) is 0 Å². The normalized spacial score (nSPS) is 23.8. The van der Waals surface area contributed by atoms with E-state index in [4.69, 9.17) is 0 Å². The van der Waals surface area contributed by atoms with Gasteiger partial charge in [0.1, 0.15) is 0 Å². The van der Waals surface area contributed by atoms with Crippen LogP contribution in [0.4, 0.5) is 0 Å². The molecule has 1 saturated heterocycles. The van der Waals surface area contributed by atoms with Crippen molar-refractivity contribution in [2.45, 2.75) is 72.9 Å². The molecule has 0 aromatic heterocycles. The number of likely N-dealkylation sites (tertiary alicyclic amines) is 1. The first-order chi connectivity index (χ1) is 8.30. The van der Waals surface area contributed by atoms with E-state index in [2.05, 4.69) is 51.8 Å². The van der Waals surface area contributed by atoms with Gasteiger partial charge in [-0.3, -0.25) is 0 Å². The van der Waals surface area contributed by atoms with Gasteiger partial charge in [-0.25, -0.2) is 0 Å². The molecule has 2 heteroatoms. The molecular weight excluding hydrogens is 220 g/mol. The molecule has 2 atom stereocenters. The zero-order valence-corrected chi connectivity index (χ0v) is 13.4. The molecule has 0 aliphatic carbocycles. The third kappa shape index (κ3) is 5.27. The molecule has 18 heavy (non-hydrogen) atoms. The van der Waals surface area contributed by atoms with Crippen molar-refractivity contribution in [1.29, 1.82) is 0 Å². The molecule has 1 rings (SSSR count). The molecule has 0 radical (unpaired) electrons. The maximum absolute atomic E-state index is 3.51. The maximum atomic E-state index is 3.51. The lowest BCUT2D eigenvalue weighted by Gasteiger charge is -2.29. The van der Waals surface area contributed by atoms with Crippen molar-refractivity contribution in [2.24, 2.45) is 11.3 Å². The lowest BCUT2D eigenvalue weighted by molar-refractivity contribution is 0.194.